The van der Waals surface area contributed by atoms with Crippen molar-refractivity contribution in [1.82, 2.24) is 10.2 Å². The lowest BCUT2D eigenvalue weighted by Crippen LogP contribution is -2.42. The molecule has 1 aliphatic heterocycles. The van der Waals surface area contributed by atoms with Crippen molar-refractivity contribution in [3.05, 3.63) is 59.7 Å². The van der Waals surface area contributed by atoms with Crippen LogP contribution >= 0.6 is 11.8 Å². The minimum absolute atomic E-state index is 0.0209. The average molecular weight is 481 g/mol. The second kappa shape index (κ2) is 9.70. The second-order valence-electron chi connectivity index (χ2n) is 9.27. The molecule has 178 valence electrons. The van der Waals surface area contributed by atoms with E-state index in [1.807, 2.05) is 24.3 Å². The van der Waals surface area contributed by atoms with Crippen LogP contribution in [-0.4, -0.2) is 58.3 Å². The first-order chi connectivity index (χ1) is 16.5. The number of amides is 2. The zero-order chi connectivity index (χ0) is 23.7. The van der Waals surface area contributed by atoms with Crippen molar-refractivity contribution >= 4 is 29.7 Å². The Hall–Kier alpha value is -3.00. The topological polar surface area (TPSA) is 95.9 Å². The fourth-order valence-corrected chi connectivity index (χ4v) is 6.63. The van der Waals surface area contributed by atoms with Crippen LogP contribution in [0.4, 0.5) is 4.79 Å². The van der Waals surface area contributed by atoms with E-state index in [1.54, 1.807) is 0 Å². The van der Waals surface area contributed by atoms with Gasteiger partial charge in [-0.25, -0.2) is 9.59 Å². The van der Waals surface area contributed by atoms with E-state index in [2.05, 4.69) is 29.6 Å². The van der Waals surface area contributed by atoms with E-state index in [1.165, 1.54) is 38.9 Å². The number of carbonyl (C=O) groups excluding carboxylic acids is 2. The van der Waals surface area contributed by atoms with E-state index in [9.17, 15) is 19.5 Å². The van der Waals surface area contributed by atoms with E-state index in [4.69, 9.17) is 4.74 Å². The molecule has 1 unspecified atom stereocenters. The summed E-state index contributed by atoms with van der Waals surface area (Å²) >= 11 is 1.47. The summed E-state index contributed by atoms with van der Waals surface area (Å²) in [6.45, 7) is 0.275. The van der Waals surface area contributed by atoms with E-state index < -0.39 is 18.1 Å². The number of nitrogens with one attached hydrogen (secondary N) is 1. The lowest BCUT2D eigenvalue weighted by molar-refractivity contribution is -0.148. The number of alkyl carbamates (subject to hydrolysis) is 1. The van der Waals surface area contributed by atoms with Crippen molar-refractivity contribution in [2.75, 3.05) is 18.2 Å². The van der Waals surface area contributed by atoms with Gasteiger partial charge in [0.2, 0.25) is 5.91 Å². The zero-order valence-electron chi connectivity index (χ0n) is 18.8. The Morgan fingerprint density at radius 2 is 1.71 bits per heavy atom. The highest BCUT2D eigenvalue weighted by Crippen LogP contribution is 2.44. The fourth-order valence-electron chi connectivity index (χ4n) is 5.46. The van der Waals surface area contributed by atoms with Crippen molar-refractivity contribution in [3.63, 3.8) is 0 Å². The van der Waals surface area contributed by atoms with Gasteiger partial charge in [-0.15, -0.1) is 11.8 Å². The third kappa shape index (κ3) is 4.51. The first kappa shape index (κ1) is 22.8. The molecule has 5 rings (SSSR count). The minimum Gasteiger partial charge on any atom is -0.480 e. The molecule has 2 amide bonds. The molecule has 0 aromatic heterocycles. The van der Waals surface area contributed by atoms with Gasteiger partial charge >= 0.3 is 12.1 Å². The molecule has 3 aliphatic rings. The van der Waals surface area contributed by atoms with Crippen LogP contribution in [0.2, 0.25) is 0 Å². The summed E-state index contributed by atoms with van der Waals surface area (Å²) in [5.41, 5.74) is 4.74. The Morgan fingerprint density at radius 3 is 2.38 bits per heavy atom. The summed E-state index contributed by atoms with van der Waals surface area (Å²) in [6.07, 6.45) is 2.22. The molecule has 0 radical (unpaired) electrons. The van der Waals surface area contributed by atoms with Gasteiger partial charge in [-0.05, 0) is 47.4 Å². The quantitative estimate of drug-likeness (QED) is 0.647. The van der Waals surface area contributed by atoms with Crippen LogP contribution in [-0.2, 0) is 14.3 Å². The molecule has 34 heavy (non-hydrogen) atoms. The van der Waals surface area contributed by atoms with Crippen LogP contribution < -0.4 is 5.32 Å². The minimum atomic E-state index is -0.945. The largest absolute Gasteiger partial charge is 0.480 e. The summed E-state index contributed by atoms with van der Waals surface area (Å²) in [4.78, 5) is 38.0. The Balaban J connectivity index is 1.12. The number of carbonyl (C=O) groups is 3. The summed E-state index contributed by atoms with van der Waals surface area (Å²) in [6, 6.07) is 15.7. The highest BCUT2D eigenvalue weighted by molar-refractivity contribution is 7.99. The van der Waals surface area contributed by atoms with Gasteiger partial charge in [-0.3, -0.25) is 4.79 Å². The average Bonchev–Trinajstić information content (AvgIpc) is 3.56. The van der Waals surface area contributed by atoms with Crippen molar-refractivity contribution in [2.45, 2.75) is 43.7 Å². The fraction of sp³-hybridized carbons (Fsp3) is 0.423. The zero-order valence-corrected chi connectivity index (χ0v) is 19.6. The third-order valence-electron chi connectivity index (χ3n) is 7.16. The molecule has 3 atom stereocenters. The monoisotopic (exact) mass is 480 g/mol. The van der Waals surface area contributed by atoms with Crippen LogP contribution in [0, 0.1) is 5.92 Å². The predicted octanol–water partition coefficient (Wildman–Crippen LogP) is 4.07. The molecule has 1 saturated heterocycles. The Morgan fingerprint density at radius 1 is 1.03 bits per heavy atom. The highest BCUT2D eigenvalue weighted by atomic mass is 32.2. The number of fused-ring (bicyclic) bond motifs is 3. The smallest absolute Gasteiger partial charge is 0.407 e. The molecule has 7 nitrogen and oxygen atoms in total. The molecule has 2 fully saturated rings. The van der Waals surface area contributed by atoms with Gasteiger partial charge in [0.25, 0.3) is 0 Å². The van der Waals surface area contributed by atoms with Crippen molar-refractivity contribution in [1.29, 1.82) is 0 Å². The lowest BCUT2D eigenvalue weighted by Gasteiger charge is -2.22. The predicted molar refractivity (Wildman–Crippen MR) is 130 cm³/mol. The summed E-state index contributed by atoms with van der Waals surface area (Å²) in [5, 5.41) is 12.3. The van der Waals surface area contributed by atoms with Crippen LogP contribution in [0.25, 0.3) is 11.1 Å². The normalized spacial score (nSPS) is 23.4. The SMILES string of the molecule is O=C(N[C@@H]1CC[C@H](CC(=O)N2CSCC2C(=O)O)C1)OCC1c2ccccc2-c2ccccc21. The molecule has 1 heterocycles. The van der Waals surface area contributed by atoms with Gasteiger partial charge in [-0.2, -0.15) is 0 Å². The van der Waals surface area contributed by atoms with E-state index >= 15 is 0 Å². The molecule has 2 aromatic carbocycles. The lowest BCUT2D eigenvalue weighted by atomic mass is 9.98. The maximum Gasteiger partial charge on any atom is 0.407 e. The van der Waals surface area contributed by atoms with Crippen LogP contribution in [0.15, 0.2) is 48.5 Å². The summed E-state index contributed by atoms with van der Waals surface area (Å²) < 4.78 is 5.65. The summed E-state index contributed by atoms with van der Waals surface area (Å²) in [7, 11) is 0. The number of thioether (sulfide) groups is 1. The van der Waals surface area contributed by atoms with Gasteiger partial charge < -0.3 is 20.1 Å². The molecular formula is C26H28N2O5S. The Bertz CT molecular complexity index is 1060. The second-order valence-corrected chi connectivity index (χ2v) is 10.3. The molecule has 0 bridgehead atoms. The van der Waals surface area contributed by atoms with Crippen LogP contribution in [0.3, 0.4) is 0 Å². The molecule has 0 spiro atoms. The Kier molecular flexibility index (Phi) is 6.50. The molecule has 1 saturated carbocycles. The Labute approximate surface area is 202 Å². The van der Waals surface area contributed by atoms with Gasteiger partial charge in [0, 0.05) is 24.1 Å². The number of hydrogen-bond acceptors (Lipinski definition) is 5. The van der Waals surface area contributed by atoms with Crippen molar-refractivity contribution in [2.24, 2.45) is 5.92 Å². The maximum atomic E-state index is 12.6. The van der Waals surface area contributed by atoms with Crippen LogP contribution in [0.5, 0.6) is 0 Å². The number of carboxylic acids is 1. The van der Waals surface area contributed by atoms with E-state index in [0.717, 1.165) is 12.8 Å². The first-order valence-electron chi connectivity index (χ1n) is 11.7. The van der Waals surface area contributed by atoms with Gasteiger partial charge in [-0.1, -0.05) is 48.5 Å². The van der Waals surface area contributed by atoms with E-state index in [0.29, 0.717) is 24.5 Å². The number of hydrogen-bond donors (Lipinski definition) is 2. The third-order valence-corrected chi connectivity index (χ3v) is 8.17. The highest BCUT2D eigenvalue weighted by Gasteiger charge is 2.37. The molecule has 2 N–H and O–H groups in total. The molecule has 2 aromatic rings. The van der Waals surface area contributed by atoms with Crippen molar-refractivity contribution < 1.29 is 24.2 Å². The number of carboxylic acid groups (broad SMARTS) is 1. The number of ether oxygens (including phenoxy) is 1. The number of rotatable bonds is 6. The number of nitrogens with zero attached hydrogens (tertiary/aromatic N) is 1. The first-order valence-corrected chi connectivity index (χ1v) is 12.9. The maximum absolute atomic E-state index is 12.6. The van der Waals surface area contributed by atoms with Gasteiger partial charge in [0.1, 0.15) is 12.6 Å². The molecule has 8 heteroatoms. The molecule has 2 aliphatic carbocycles. The molecular weight excluding hydrogens is 452 g/mol. The summed E-state index contributed by atoms with van der Waals surface area (Å²) in [5.74, 6) is -0.00965. The number of benzene rings is 2. The standard InChI is InChI=1S/C26H28N2O5S/c29-24(28-15-34-14-23(28)25(30)31)12-16-9-10-17(11-16)27-26(32)33-13-22-20-7-3-1-5-18(20)19-6-2-4-8-21(19)22/h1-8,16-17,22-23H,9-15H2,(H,27,32)(H,30,31)/t16-,17+,23?/m0/s1. The van der Waals surface area contributed by atoms with Gasteiger partial charge in [0.05, 0.1) is 5.88 Å². The van der Waals surface area contributed by atoms with Crippen molar-refractivity contribution in [3.8, 4) is 11.1 Å². The number of aliphatic carboxylic acids is 1. The van der Waals surface area contributed by atoms with Gasteiger partial charge in [0.15, 0.2) is 0 Å². The van der Waals surface area contributed by atoms with E-state index in [-0.39, 0.29) is 30.4 Å². The van der Waals surface area contributed by atoms with Crippen LogP contribution in [0.1, 0.15) is 42.7 Å².